The number of esters is 1. The molecule has 1 aliphatic rings. The largest absolute Gasteiger partial charge is 0.493 e. The van der Waals surface area contributed by atoms with Crippen molar-refractivity contribution in [3.63, 3.8) is 0 Å². The molecule has 1 aliphatic heterocycles. The lowest BCUT2D eigenvalue weighted by Gasteiger charge is -2.33. The van der Waals surface area contributed by atoms with Crippen molar-refractivity contribution in [3.05, 3.63) is 52.6 Å². The van der Waals surface area contributed by atoms with Gasteiger partial charge in [0.1, 0.15) is 24.4 Å². The highest BCUT2D eigenvalue weighted by atomic mass is 127. The van der Waals surface area contributed by atoms with E-state index in [2.05, 4.69) is 0 Å². The van der Waals surface area contributed by atoms with Crippen molar-refractivity contribution < 1.29 is 53.7 Å². The van der Waals surface area contributed by atoms with Crippen LogP contribution < -0.4 is 14.2 Å². The molecule has 40 heavy (non-hydrogen) atoms. The number of benzene rings is 2. The lowest BCUT2D eigenvalue weighted by atomic mass is 10.0. The van der Waals surface area contributed by atoms with Crippen molar-refractivity contribution in [1.82, 2.24) is 0 Å². The Labute approximate surface area is 247 Å². The van der Waals surface area contributed by atoms with Gasteiger partial charge >= 0.3 is 5.97 Å². The molecule has 0 spiro atoms. The van der Waals surface area contributed by atoms with Gasteiger partial charge in [-0.05, 0) is 51.5 Å². The summed E-state index contributed by atoms with van der Waals surface area (Å²) in [5.74, 6) is 0.917. The number of carbonyl (C=O) groups is 2. The maximum atomic E-state index is 12.1. The predicted molar refractivity (Wildman–Crippen MR) is 153 cm³/mol. The summed E-state index contributed by atoms with van der Waals surface area (Å²) >= 11 is 1.73. The van der Waals surface area contributed by atoms with Crippen LogP contribution in [0.5, 0.6) is 17.2 Å². The minimum Gasteiger partial charge on any atom is -0.493 e. The molecule has 11 nitrogen and oxygen atoms in total. The van der Waals surface area contributed by atoms with Crippen LogP contribution in [0.2, 0.25) is 0 Å². The molecule has 12 heteroatoms. The third-order valence-electron chi connectivity index (χ3n) is 5.79. The van der Waals surface area contributed by atoms with Gasteiger partial charge in [-0.3, -0.25) is 4.79 Å². The van der Waals surface area contributed by atoms with Gasteiger partial charge in [-0.15, -0.1) is 0 Å². The Bertz CT molecular complexity index is 1140. The fourth-order valence-electron chi connectivity index (χ4n) is 3.76. The molecule has 0 aliphatic carbocycles. The molecule has 0 saturated carbocycles. The number of rotatable bonds is 8. The Morgan fingerprint density at radius 2 is 1.68 bits per heavy atom. The fraction of sp³-hybridized carbons (Fsp3) is 0.500. The Balaban J connectivity index is 0.000000425. The molecule has 4 N–H and O–H groups in total. The average molecular weight is 676 g/mol. The summed E-state index contributed by atoms with van der Waals surface area (Å²) in [5.41, 5.74) is 1.97. The van der Waals surface area contributed by atoms with Crippen molar-refractivity contribution >= 4 is 32.4 Å². The number of halogens is 1. The maximum Gasteiger partial charge on any atom is 0.338 e. The second-order valence-corrected chi connectivity index (χ2v) is 11.0. The molecule has 0 bridgehead atoms. The smallest absolute Gasteiger partial charge is 0.338 e. The van der Waals surface area contributed by atoms with E-state index in [0.717, 1.165) is 5.56 Å². The molecule has 0 aromatic heterocycles. The molecule has 0 amide bonds. The predicted octanol–water partition coefficient (Wildman–Crippen LogP) is 2.93. The Kier molecular flexibility index (Phi) is 12.6. The van der Waals surface area contributed by atoms with E-state index >= 15 is 0 Å². The molecule has 2 aromatic rings. The zero-order valence-electron chi connectivity index (χ0n) is 23.3. The van der Waals surface area contributed by atoms with Crippen molar-refractivity contribution in [2.45, 2.75) is 70.9 Å². The highest BCUT2D eigenvalue weighted by Gasteiger charge is 2.35. The standard InChI is InChI=1S/C22H25IO6.C6H12O5/c1-13-16(20(23)24)11-17(26-5)19(18(13)27-6)28-12-14-7-9-15(10-8-14)21(25)29-22(2,3)4;7-2-4-6(10)3(8)1-5(9)11-4/h7-11H,12H2,1-6H3;3-10H,1-2H2/t;3-,4-,5+,6+/m.1/s1. The van der Waals surface area contributed by atoms with E-state index in [4.69, 9.17) is 44.1 Å². The van der Waals surface area contributed by atoms with Crippen LogP contribution in [0, 0.1) is 6.92 Å². The molecule has 0 radical (unpaired) electrons. The molecule has 1 saturated heterocycles. The van der Waals surface area contributed by atoms with Crippen LogP contribution in [-0.4, -0.2) is 81.2 Å². The van der Waals surface area contributed by atoms with Crippen LogP contribution in [0.1, 0.15) is 59.0 Å². The number of aliphatic hydroxyl groups is 4. The van der Waals surface area contributed by atoms with Gasteiger partial charge in [-0.2, -0.15) is 0 Å². The number of carbonyl (C=O) groups excluding carboxylic acids is 2. The number of aliphatic hydroxyl groups excluding tert-OH is 4. The van der Waals surface area contributed by atoms with Gasteiger partial charge in [-0.1, -0.05) is 12.1 Å². The van der Waals surface area contributed by atoms with Crippen LogP contribution in [0.25, 0.3) is 0 Å². The molecule has 3 rings (SSSR count). The zero-order valence-corrected chi connectivity index (χ0v) is 25.5. The van der Waals surface area contributed by atoms with Gasteiger partial charge in [0.2, 0.25) is 9.54 Å². The molecule has 1 fully saturated rings. The van der Waals surface area contributed by atoms with Crippen molar-refractivity contribution in [2.75, 3.05) is 20.8 Å². The summed E-state index contributed by atoms with van der Waals surface area (Å²) in [7, 11) is 3.03. The van der Waals surface area contributed by atoms with Gasteiger partial charge in [0.15, 0.2) is 17.8 Å². The van der Waals surface area contributed by atoms with Gasteiger partial charge in [0, 0.05) is 40.1 Å². The van der Waals surface area contributed by atoms with Gasteiger partial charge in [0.25, 0.3) is 0 Å². The highest BCUT2D eigenvalue weighted by molar-refractivity contribution is 14.1. The van der Waals surface area contributed by atoms with Crippen molar-refractivity contribution in [1.29, 1.82) is 0 Å². The molecule has 0 unspecified atom stereocenters. The van der Waals surface area contributed by atoms with E-state index in [9.17, 15) is 9.59 Å². The van der Waals surface area contributed by atoms with Crippen LogP contribution in [0.15, 0.2) is 30.3 Å². The highest BCUT2D eigenvalue weighted by Crippen LogP contribution is 2.42. The average Bonchev–Trinajstić information content (AvgIpc) is 2.89. The SMILES string of the molecule is COc1cc(C(=O)I)c(C)c(OC)c1OCc1ccc(C(=O)OC(C)(C)C)cc1.OC[C@H]1O[C@H](O)C[C@@H](O)[C@@H]1O. The summed E-state index contributed by atoms with van der Waals surface area (Å²) in [6.45, 7) is 7.10. The van der Waals surface area contributed by atoms with Crippen LogP contribution >= 0.6 is 22.6 Å². The number of methoxy groups -OCH3 is 2. The first-order valence-electron chi connectivity index (χ1n) is 12.4. The molecule has 2 aromatic carbocycles. The van der Waals surface area contributed by atoms with E-state index in [0.29, 0.717) is 33.9 Å². The summed E-state index contributed by atoms with van der Waals surface area (Å²) in [4.78, 5) is 24.0. The lowest BCUT2D eigenvalue weighted by Crippen LogP contribution is -2.49. The van der Waals surface area contributed by atoms with E-state index in [1.165, 1.54) is 14.2 Å². The third-order valence-corrected chi connectivity index (χ3v) is 6.37. The second kappa shape index (κ2) is 14.9. The van der Waals surface area contributed by atoms with E-state index in [-0.39, 0.29) is 22.8 Å². The van der Waals surface area contributed by atoms with Gasteiger partial charge in [-0.25, -0.2) is 4.79 Å². The Morgan fingerprint density at radius 3 is 2.17 bits per heavy atom. The van der Waals surface area contributed by atoms with Gasteiger partial charge < -0.3 is 44.1 Å². The van der Waals surface area contributed by atoms with Gasteiger partial charge in [0.05, 0.1) is 32.5 Å². The minimum atomic E-state index is -1.11. The summed E-state index contributed by atoms with van der Waals surface area (Å²) in [6, 6.07) is 8.64. The summed E-state index contributed by atoms with van der Waals surface area (Å²) in [5, 5.41) is 35.6. The second-order valence-electron chi connectivity index (χ2n) is 9.98. The summed E-state index contributed by atoms with van der Waals surface area (Å²) < 4.78 is 26.8. The summed E-state index contributed by atoms with van der Waals surface area (Å²) in [6.07, 6.45) is -4.11. The number of hydrogen-bond acceptors (Lipinski definition) is 11. The molecule has 1 heterocycles. The topological polar surface area (TPSA) is 161 Å². The van der Waals surface area contributed by atoms with E-state index < -0.39 is 36.8 Å². The molecule has 222 valence electrons. The van der Waals surface area contributed by atoms with Crippen LogP contribution in [0.3, 0.4) is 0 Å². The first-order chi connectivity index (χ1) is 18.7. The number of hydrogen-bond donors (Lipinski definition) is 4. The van der Waals surface area contributed by atoms with E-state index in [1.54, 1.807) is 59.8 Å². The van der Waals surface area contributed by atoms with Crippen molar-refractivity contribution in [3.8, 4) is 17.2 Å². The van der Waals surface area contributed by atoms with Crippen LogP contribution in [-0.2, 0) is 16.1 Å². The van der Waals surface area contributed by atoms with Crippen molar-refractivity contribution in [2.24, 2.45) is 0 Å². The molecular formula is C28H37IO11. The van der Waals surface area contributed by atoms with E-state index in [1.807, 2.05) is 20.8 Å². The normalized spacial score (nSPS) is 20.6. The maximum absolute atomic E-state index is 12.1. The molecule has 4 atom stereocenters. The molecular weight excluding hydrogens is 639 g/mol. The Hall–Kier alpha value is -2.49. The zero-order chi connectivity index (χ0) is 30.2. The lowest BCUT2D eigenvalue weighted by molar-refractivity contribution is -0.239. The first-order valence-corrected chi connectivity index (χ1v) is 13.5. The van der Waals surface area contributed by atoms with Crippen LogP contribution in [0.4, 0.5) is 0 Å². The fourth-order valence-corrected chi connectivity index (χ4v) is 4.32. The Morgan fingerprint density at radius 1 is 1.05 bits per heavy atom. The number of ether oxygens (including phenoxy) is 5. The monoisotopic (exact) mass is 676 g/mol. The third kappa shape index (κ3) is 9.28. The minimum absolute atomic E-state index is 0.0162. The first kappa shape index (κ1) is 33.7. The quantitative estimate of drug-likeness (QED) is 0.185.